The van der Waals surface area contributed by atoms with Crippen LogP contribution in [-0.4, -0.2) is 48.9 Å². The van der Waals surface area contributed by atoms with Gasteiger partial charge in [-0.1, -0.05) is 39.0 Å². The van der Waals surface area contributed by atoms with Gasteiger partial charge in [-0.3, -0.25) is 14.7 Å². The molecule has 1 fully saturated rings. The Morgan fingerprint density at radius 1 is 1.29 bits per heavy atom. The van der Waals surface area contributed by atoms with Crippen molar-refractivity contribution in [2.45, 2.75) is 65.3 Å². The Bertz CT molecular complexity index is 1310. The molecule has 1 aliphatic heterocycles. The number of ketones is 1. The molecule has 0 radical (unpaired) electrons. The zero-order valence-corrected chi connectivity index (χ0v) is 22.2. The topological polar surface area (TPSA) is 83.9 Å². The van der Waals surface area contributed by atoms with Crippen LogP contribution in [0.15, 0.2) is 24.8 Å². The molecule has 1 amide bonds. The lowest BCUT2D eigenvalue weighted by Crippen LogP contribution is -2.57. The Morgan fingerprint density at radius 3 is 2.63 bits per heavy atom. The van der Waals surface area contributed by atoms with Gasteiger partial charge in [0.2, 0.25) is 5.91 Å². The molecule has 1 aliphatic rings. The molecule has 4 rings (SSSR count). The molecule has 1 aromatic carbocycles. The smallest absolute Gasteiger partial charge is 0.246 e. The summed E-state index contributed by atoms with van der Waals surface area (Å²) in [5.74, 6) is 1.01. The van der Waals surface area contributed by atoms with Crippen LogP contribution >= 0.6 is 11.6 Å². The standard InChI is InChI=1S/C27H34ClN5O2/c1-8-25(35)33-14-17(16(33)3)11-23(34)26-15(2)29-24(32(26)7)10-9-21-18-12-19(27(4,5)6)20(28)13-22(18)31-30-21/h8,12-13,16-17H,1,9-11,14H2,2-7H3,(H,30,31)/t16-,17-/m1/s1. The number of likely N-dealkylation sites (tertiary alicyclic amines) is 1. The van der Waals surface area contributed by atoms with Crippen molar-refractivity contribution in [2.75, 3.05) is 6.54 Å². The first-order valence-electron chi connectivity index (χ1n) is 12.1. The molecular weight excluding hydrogens is 462 g/mol. The van der Waals surface area contributed by atoms with Crippen LogP contribution in [0.4, 0.5) is 0 Å². The van der Waals surface area contributed by atoms with Crippen molar-refractivity contribution in [3.8, 4) is 0 Å². The molecule has 8 heteroatoms. The van der Waals surface area contributed by atoms with Gasteiger partial charge in [-0.05, 0) is 49.5 Å². The summed E-state index contributed by atoms with van der Waals surface area (Å²) in [5.41, 5.74) is 4.30. The van der Waals surface area contributed by atoms with E-state index in [4.69, 9.17) is 16.6 Å². The van der Waals surface area contributed by atoms with Gasteiger partial charge in [0.1, 0.15) is 11.5 Å². The third-order valence-electron chi connectivity index (χ3n) is 7.26. The minimum absolute atomic E-state index is 0.0395. The van der Waals surface area contributed by atoms with E-state index in [0.717, 1.165) is 45.1 Å². The van der Waals surface area contributed by atoms with Crippen LogP contribution in [0.2, 0.25) is 5.02 Å². The van der Waals surface area contributed by atoms with Gasteiger partial charge in [-0.15, -0.1) is 0 Å². The average Bonchev–Trinajstić information content (AvgIpc) is 3.31. The summed E-state index contributed by atoms with van der Waals surface area (Å²) in [6, 6.07) is 4.09. The van der Waals surface area contributed by atoms with Crippen molar-refractivity contribution in [2.24, 2.45) is 13.0 Å². The summed E-state index contributed by atoms with van der Waals surface area (Å²) >= 11 is 6.51. The molecule has 3 heterocycles. The molecule has 7 nitrogen and oxygen atoms in total. The molecular formula is C27H34ClN5O2. The van der Waals surface area contributed by atoms with Crippen LogP contribution in [0.25, 0.3) is 10.9 Å². The number of amides is 1. The number of hydrogen-bond donors (Lipinski definition) is 1. The normalized spacial score (nSPS) is 18.1. The first-order valence-corrected chi connectivity index (χ1v) is 12.5. The van der Waals surface area contributed by atoms with Gasteiger partial charge in [0.25, 0.3) is 0 Å². The van der Waals surface area contributed by atoms with Crippen molar-refractivity contribution in [1.29, 1.82) is 0 Å². The number of aryl methyl sites for hydroxylation is 3. The number of H-pyrrole nitrogens is 1. The molecule has 2 aromatic heterocycles. The number of aromatic amines is 1. The van der Waals surface area contributed by atoms with E-state index >= 15 is 0 Å². The lowest BCUT2D eigenvalue weighted by atomic mass is 9.84. The molecule has 0 unspecified atom stereocenters. The molecule has 186 valence electrons. The number of imidazole rings is 1. The quantitative estimate of drug-likeness (QED) is 0.371. The zero-order chi connectivity index (χ0) is 25.7. The summed E-state index contributed by atoms with van der Waals surface area (Å²) in [4.78, 5) is 31.5. The third kappa shape index (κ3) is 4.66. The number of carbonyl (C=O) groups is 2. The van der Waals surface area contributed by atoms with E-state index in [1.807, 2.05) is 31.5 Å². The zero-order valence-electron chi connectivity index (χ0n) is 21.4. The van der Waals surface area contributed by atoms with E-state index in [1.165, 1.54) is 6.08 Å². The maximum absolute atomic E-state index is 13.2. The lowest BCUT2D eigenvalue weighted by Gasteiger charge is -2.45. The van der Waals surface area contributed by atoms with Crippen LogP contribution in [0.1, 0.15) is 67.4 Å². The molecule has 3 aromatic rings. The summed E-state index contributed by atoms with van der Waals surface area (Å²) in [7, 11) is 1.91. The number of carbonyl (C=O) groups excluding carboxylic acids is 2. The second-order valence-electron chi connectivity index (χ2n) is 10.6. The summed E-state index contributed by atoms with van der Waals surface area (Å²) in [6.07, 6.45) is 3.13. The Kier molecular flexibility index (Phi) is 6.66. The number of Topliss-reactive ketones (excluding diaryl/α,β-unsaturated/α-hetero) is 1. The van der Waals surface area contributed by atoms with Crippen molar-refractivity contribution < 1.29 is 9.59 Å². The molecule has 0 spiro atoms. The van der Waals surface area contributed by atoms with Crippen LogP contribution in [0, 0.1) is 12.8 Å². The number of halogens is 1. The number of benzene rings is 1. The summed E-state index contributed by atoms with van der Waals surface area (Å²) in [5, 5.41) is 9.40. The van der Waals surface area contributed by atoms with Gasteiger partial charge in [-0.2, -0.15) is 5.10 Å². The maximum Gasteiger partial charge on any atom is 0.246 e. The number of nitrogens with zero attached hydrogens (tertiary/aromatic N) is 4. The first kappa shape index (κ1) is 25.2. The van der Waals surface area contributed by atoms with Gasteiger partial charge in [-0.25, -0.2) is 4.98 Å². The Hall–Kier alpha value is -2.93. The first-order chi connectivity index (χ1) is 16.4. The fourth-order valence-corrected chi connectivity index (χ4v) is 5.50. The number of rotatable bonds is 7. The fraction of sp³-hybridized carbons (Fsp3) is 0.481. The largest absolute Gasteiger partial charge is 0.336 e. The van der Waals surface area contributed by atoms with Crippen LogP contribution in [0.3, 0.4) is 0 Å². The Labute approximate surface area is 211 Å². The predicted molar refractivity (Wildman–Crippen MR) is 139 cm³/mol. The lowest BCUT2D eigenvalue weighted by molar-refractivity contribution is -0.137. The van der Waals surface area contributed by atoms with Crippen molar-refractivity contribution >= 4 is 34.2 Å². The SMILES string of the molecule is C=CC(=O)N1C[C@@H](CC(=O)c2c(C)nc(CCc3[nH]nc4cc(Cl)c(C(C)(C)C)cc34)n2C)[C@H]1C. The highest BCUT2D eigenvalue weighted by molar-refractivity contribution is 6.32. The predicted octanol–water partition coefficient (Wildman–Crippen LogP) is 4.95. The summed E-state index contributed by atoms with van der Waals surface area (Å²) in [6.45, 7) is 14.5. The van der Waals surface area contributed by atoms with Crippen LogP contribution in [-0.2, 0) is 30.1 Å². The fourth-order valence-electron chi connectivity index (χ4n) is 5.06. The second kappa shape index (κ2) is 9.26. The van der Waals surface area contributed by atoms with Gasteiger partial charge < -0.3 is 9.47 Å². The van der Waals surface area contributed by atoms with E-state index in [-0.39, 0.29) is 29.1 Å². The van der Waals surface area contributed by atoms with Gasteiger partial charge >= 0.3 is 0 Å². The van der Waals surface area contributed by atoms with Gasteiger partial charge in [0, 0.05) is 54.5 Å². The molecule has 2 atom stereocenters. The van der Waals surface area contributed by atoms with Gasteiger partial charge in [0.05, 0.1) is 11.2 Å². The van der Waals surface area contributed by atoms with Gasteiger partial charge in [0.15, 0.2) is 5.78 Å². The number of aromatic nitrogens is 4. The number of fused-ring (bicyclic) bond motifs is 1. The average molecular weight is 496 g/mol. The molecule has 1 N–H and O–H groups in total. The maximum atomic E-state index is 13.2. The number of hydrogen-bond acceptors (Lipinski definition) is 4. The minimum Gasteiger partial charge on any atom is -0.336 e. The second-order valence-corrected chi connectivity index (χ2v) is 11.1. The Balaban J connectivity index is 1.48. The monoisotopic (exact) mass is 495 g/mol. The molecule has 0 saturated carbocycles. The van der Waals surface area contributed by atoms with E-state index in [9.17, 15) is 9.59 Å². The van der Waals surface area contributed by atoms with E-state index < -0.39 is 0 Å². The third-order valence-corrected chi connectivity index (χ3v) is 7.58. The van der Waals surface area contributed by atoms with E-state index in [0.29, 0.717) is 25.1 Å². The van der Waals surface area contributed by atoms with Crippen LogP contribution in [0.5, 0.6) is 0 Å². The summed E-state index contributed by atoms with van der Waals surface area (Å²) < 4.78 is 1.92. The highest BCUT2D eigenvalue weighted by Crippen LogP contribution is 2.34. The Morgan fingerprint density at radius 2 is 2.00 bits per heavy atom. The number of nitrogens with one attached hydrogen (secondary N) is 1. The highest BCUT2D eigenvalue weighted by atomic mass is 35.5. The van der Waals surface area contributed by atoms with Crippen molar-refractivity contribution in [3.05, 3.63) is 58.3 Å². The molecule has 0 bridgehead atoms. The van der Waals surface area contributed by atoms with E-state index in [2.05, 4.69) is 43.6 Å². The van der Waals surface area contributed by atoms with E-state index in [1.54, 1.807) is 4.90 Å². The minimum atomic E-state index is -0.0802. The molecule has 35 heavy (non-hydrogen) atoms. The highest BCUT2D eigenvalue weighted by Gasteiger charge is 2.39. The van der Waals surface area contributed by atoms with Crippen LogP contribution < -0.4 is 0 Å². The van der Waals surface area contributed by atoms with Crippen molar-refractivity contribution in [1.82, 2.24) is 24.6 Å². The molecule has 0 aliphatic carbocycles. The van der Waals surface area contributed by atoms with Crippen molar-refractivity contribution in [3.63, 3.8) is 0 Å². The molecule has 1 saturated heterocycles.